The van der Waals surface area contributed by atoms with Crippen LogP contribution in [0.25, 0.3) is 0 Å². The van der Waals surface area contributed by atoms with Gasteiger partial charge in [-0.2, -0.15) is 5.26 Å². The number of aryl methyl sites for hydroxylation is 4. The molecule has 0 fully saturated rings. The van der Waals surface area contributed by atoms with E-state index in [1.165, 1.54) is 0 Å². The van der Waals surface area contributed by atoms with Crippen LogP contribution >= 0.6 is 0 Å². The van der Waals surface area contributed by atoms with Gasteiger partial charge in [0, 0.05) is 5.46 Å². The average molecular weight is 376 g/mol. The Morgan fingerprint density at radius 2 is 1.34 bits per heavy atom. The molecule has 0 atom stereocenters. The summed E-state index contributed by atoms with van der Waals surface area (Å²) < 4.78 is 12.7. The Bertz CT molecular complexity index is 1230. The summed E-state index contributed by atoms with van der Waals surface area (Å²) in [7, 11) is 0. The number of terminal acetylenes is 1. The second kappa shape index (κ2) is 5.90. The van der Waals surface area contributed by atoms with Crippen LogP contribution in [0.15, 0.2) is 24.3 Å². The fourth-order valence-electron chi connectivity index (χ4n) is 4.44. The highest BCUT2D eigenvalue weighted by molar-refractivity contribution is 6.98. The van der Waals surface area contributed by atoms with Crippen molar-refractivity contribution in [1.29, 1.82) is 5.26 Å². The molecular formula is C24H17BN2O2. The van der Waals surface area contributed by atoms with Crippen molar-refractivity contribution < 1.29 is 9.47 Å². The molecule has 0 unspecified atom stereocenters. The fourth-order valence-corrected chi connectivity index (χ4v) is 4.44. The number of hydrogen-bond acceptors (Lipinski definition) is 4. The van der Waals surface area contributed by atoms with Gasteiger partial charge in [0.1, 0.15) is 29.1 Å². The molecule has 2 aliphatic heterocycles. The van der Waals surface area contributed by atoms with Gasteiger partial charge in [0.05, 0.1) is 22.5 Å². The minimum atomic E-state index is -0.131. The van der Waals surface area contributed by atoms with Gasteiger partial charge >= 0.3 is 0 Å². The molecular weight excluding hydrogens is 359 g/mol. The van der Waals surface area contributed by atoms with Gasteiger partial charge in [0.25, 0.3) is 6.71 Å². The lowest BCUT2D eigenvalue weighted by Crippen LogP contribution is -2.58. The van der Waals surface area contributed by atoms with E-state index >= 15 is 0 Å². The molecule has 138 valence electrons. The molecule has 3 heterocycles. The number of rotatable bonds is 0. The van der Waals surface area contributed by atoms with Gasteiger partial charge in [0.15, 0.2) is 0 Å². The first kappa shape index (κ1) is 17.4. The van der Waals surface area contributed by atoms with Crippen LogP contribution in [0.5, 0.6) is 23.0 Å². The molecule has 2 aliphatic rings. The standard InChI is InChI=1S/C24H17BN2O2/c1-6-16-12(2)7-9-18-23(16)28-21-14(4)27-15(5)22-20(21)25(18)19-10-8-13(3)17(11-26)24(19)29-22/h1,7-10H,2-5H3. The maximum absolute atomic E-state index is 9.78. The van der Waals surface area contributed by atoms with E-state index in [1.807, 2.05) is 45.9 Å². The lowest BCUT2D eigenvalue weighted by molar-refractivity contribution is 0.452. The van der Waals surface area contributed by atoms with Crippen LogP contribution in [0.1, 0.15) is 33.6 Å². The van der Waals surface area contributed by atoms with Crippen LogP contribution in [-0.2, 0) is 0 Å². The van der Waals surface area contributed by atoms with Crippen molar-refractivity contribution in [1.82, 2.24) is 4.98 Å². The number of aromatic nitrogens is 1. The van der Waals surface area contributed by atoms with E-state index in [4.69, 9.17) is 15.9 Å². The van der Waals surface area contributed by atoms with Crippen molar-refractivity contribution in [2.24, 2.45) is 0 Å². The molecule has 0 saturated carbocycles. The zero-order valence-corrected chi connectivity index (χ0v) is 16.7. The third-order valence-electron chi connectivity index (χ3n) is 5.85. The zero-order chi connectivity index (χ0) is 20.4. The SMILES string of the molecule is C#Cc1c(C)ccc2c1Oc1c(C)nc(C)c3c1B2c1ccc(C)c(C#N)c1O3. The summed E-state index contributed by atoms with van der Waals surface area (Å²) in [5, 5.41) is 9.78. The maximum atomic E-state index is 9.78. The van der Waals surface area contributed by atoms with Crippen LogP contribution in [-0.4, -0.2) is 11.7 Å². The highest BCUT2D eigenvalue weighted by atomic mass is 16.5. The van der Waals surface area contributed by atoms with Crippen molar-refractivity contribution in [3.8, 4) is 41.4 Å². The van der Waals surface area contributed by atoms with Crippen molar-refractivity contribution in [3.63, 3.8) is 0 Å². The van der Waals surface area contributed by atoms with Gasteiger partial charge in [-0.25, -0.2) is 0 Å². The quantitative estimate of drug-likeness (QED) is 0.308. The molecule has 2 aromatic carbocycles. The minimum Gasteiger partial charge on any atom is -0.455 e. The second-order valence-corrected chi connectivity index (χ2v) is 7.60. The molecule has 0 bridgehead atoms. The number of ether oxygens (including phenoxy) is 2. The molecule has 5 heteroatoms. The molecule has 0 amide bonds. The predicted molar refractivity (Wildman–Crippen MR) is 114 cm³/mol. The minimum absolute atomic E-state index is 0.131. The Labute approximate surface area is 170 Å². The van der Waals surface area contributed by atoms with E-state index in [1.54, 1.807) is 0 Å². The van der Waals surface area contributed by atoms with Gasteiger partial charge in [-0.3, -0.25) is 4.98 Å². The molecule has 0 radical (unpaired) electrons. The van der Waals surface area contributed by atoms with E-state index in [0.717, 1.165) is 44.5 Å². The number of benzene rings is 2. The van der Waals surface area contributed by atoms with Gasteiger partial charge in [0.2, 0.25) is 0 Å². The zero-order valence-electron chi connectivity index (χ0n) is 16.7. The summed E-state index contributed by atoms with van der Waals surface area (Å²) in [6, 6.07) is 10.4. The van der Waals surface area contributed by atoms with Gasteiger partial charge in [-0.15, -0.1) is 6.42 Å². The Hall–Kier alpha value is -3.70. The molecule has 0 aliphatic carbocycles. The number of nitrogens with zero attached hydrogens (tertiary/aromatic N) is 2. The van der Waals surface area contributed by atoms with E-state index in [-0.39, 0.29) is 6.71 Å². The van der Waals surface area contributed by atoms with Crippen LogP contribution in [0.4, 0.5) is 0 Å². The summed E-state index contributed by atoms with van der Waals surface area (Å²) in [4.78, 5) is 4.64. The predicted octanol–water partition coefficient (Wildman–Crippen LogP) is 2.90. The Kier molecular flexibility index (Phi) is 3.54. The van der Waals surface area contributed by atoms with Crippen molar-refractivity contribution >= 4 is 23.1 Å². The highest BCUT2D eigenvalue weighted by Crippen LogP contribution is 2.39. The van der Waals surface area contributed by atoms with Crippen LogP contribution in [0.2, 0.25) is 0 Å². The van der Waals surface area contributed by atoms with Gasteiger partial charge < -0.3 is 9.47 Å². The number of hydrogen-bond donors (Lipinski definition) is 0. The van der Waals surface area contributed by atoms with Crippen molar-refractivity contribution in [3.05, 3.63) is 57.9 Å². The topological polar surface area (TPSA) is 55.1 Å². The molecule has 0 spiro atoms. The summed E-state index contributed by atoms with van der Waals surface area (Å²) in [5.41, 5.74) is 7.62. The van der Waals surface area contributed by atoms with E-state index < -0.39 is 0 Å². The van der Waals surface area contributed by atoms with E-state index in [2.05, 4.69) is 23.0 Å². The summed E-state index contributed by atoms with van der Waals surface area (Å²) in [6.45, 7) is 7.62. The molecule has 29 heavy (non-hydrogen) atoms. The normalized spacial score (nSPS) is 12.6. The number of pyridine rings is 1. The first-order chi connectivity index (χ1) is 14.0. The third kappa shape index (κ3) is 2.19. The summed E-state index contributed by atoms with van der Waals surface area (Å²) in [5.74, 6) is 5.43. The summed E-state index contributed by atoms with van der Waals surface area (Å²) >= 11 is 0. The van der Waals surface area contributed by atoms with Crippen LogP contribution < -0.4 is 25.9 Å². The Morgan fingerprint density at radius 1 is 0.828 bits per heavy atom. The number of fused-ring (bicyclic) bond motifs is 4. The highest BCUT2D eigenvalue weighted by Gasteiger charge is 2.43. The average Bonchev–Trinajstić information content (AvgIpc) is 2.70. The van der Waals surface area contributed by atoms with Gasteiger partial charge in [-0.1, -0.05) is 30.2 Å². The largest absolute Gasteiger partial charge is 0.455 e. The monoisotopic (exact) mass is 376 g/mol. The Balaban J connectivity index is 1.93. The van der Waals surface area contributed by atoms with E-state index in [0.29, 0.717) is 28.6 Å². The lowest BCUT2D eigenvalue weighted by atomic mass is 9.34. The van der Waals surface area contributed by atoms with Crippen molar-refractivity contribution in [2.45, 2.75) is 27.7 Å². The molecule has 1 aromatic heterocycles. The molecule has 5 rings (SSSR count). The third-order valence-corrected chi connectivity index (χ3v) is 5.85. The molecule has 3 aromatic rings. The first-order valence-corrected chi connectivity index (χ1v) is 9.46. The van der Waals surface area contributed by atoms with Crippen LogP contribution in [0, 0.1) is 51.4 Å². The van der Waals surface area contributed by atoms with E-state index in [9.17, 15) is 5.26 Å². The summed E-state index contributed by atoms with van der Waals surface area (Å²) in [6.07, 6.45) is 5.83. The van der Waals surface area contributed by atoms with Crippen molar-refractivity contribution in [2.75, 3.05) is 0 Å². The van der Waals surface area contributed by atoms with Gasteiger partial charge in [-0.05, 0) is 49.7 Å². The first-order valence-electron chi connectivity index (χ1n) is 9.46. The lowest BCUT2D eigenvalue weighted by Gasteiger charge is -2.35. The Morgan fingerprint density at radius 3 is 1.86 bits per heavy atom. The molecule has 0 saturated heterocycles. The second-order valence-electron chi connectivity index (χ2n) is 7.60. The number of nitriles is 1. The fraction of sp³-hybridized carbons (Fsp3) is 0.167. The van der Waals surface area contributed by atoms with Crippen LogP contribution in [0.3, 0.4) is 0 Å². The smallest absolute Gasteiger partial charge is 0.260 e. The molecule has 0 N–H and O–H groups in total. The maximum Gasteiger partial charge on any atom is 0.260 e. The molecule has 4 nitrogen and oxygen atoms in total.